The smallest absolute Gasteiger partial charge is 0.0467 e. The van der Waals surface area contributed by atoms with E-state index in [1.165, 1.54) is 86.6 Å². The van der Waals surface area contributed by atoms with Gasteiger partial charge >= 0.3 is 0 Å². The van der Waals surface area contributed by atoms with E-state index in [0.29, 0.717) is 0 Å². The van der Waals surface area contributed by atoms with Gasteiger partial charge in [-0.3, -0.25) is 0 Å². The molecule has 11 rings (SSSR count). The minimum Gasteiger partial charge on any atom is -0.310 e. The Morgan fingerprint density at radius 2 is 0.750 bits per heavy atom. The molecular formula is C58H39NS. The van der Waals surface area contributed by atoms with Gasteiger partial charge in [0, 0.05) is 37.2 Å². The molecule has 60 heavy (non-hydrogen) atoms. The molecule has 2 heteroatoms. The third-order valence-corrected chi connectivity index (χ3v) is 12.9. The summed E-state index contributed by atoms with van der Waals surface area (Å²) in [6, 6.07) is 86.1. The first-order chi connectivity index (χ1) is 29.7. The molecule has 0 aliphatic rings. The summed E-state index contributed by atoms with van der Waals surface area (Å²) < 4.78 is 2.66. The summed E-state index contributed by atoms with van der Waals surface area (Å²) in [6.45, 7) is 0. The highest BCUT2D eigenvalue weighted by molar-refractivity contribution is 7.26. The number of fused-ring (bicyclic) bond motifs is 4. The largest absolute Gasteiger partial charge is 0.310 e. The Balaban J connectivity index is 0.968. The van der Waals surface area contributed by atoms with E-state index < -0.39 is 0 Å². The van der Waals surface area contributed by atoms with E-state index in [0.717, 1.165) is 17.1 Å². The van der Waals surface area contributed by atoms with Crippen LogP contribution in [0.4, 0.5) is 17.1 Å². The number of rotatable bonds is 8. The second kappa shape index (κ2) is 15.3. The molecule has 1 nitrogen and oxygen atoms in total. The maximum Gasteiger partial charge on any atom is 0.0467 e. The fourth-order valence-corrected chi connectivity index (χ4v) is 9.83. The Kier molecular flexibility index (Phi) is 9.11. The lowest BCUT2D eigenvalue weighted by atomic mass is 9.97. The van der Waals surface area contributed by atoms with Crippen LogP contribution in [0.3, 0.4) is 0 Å². The zero-order valence-corrected chi connectivity index (χ0v) is 33.7. The second-order valence-electron chi connectivity index (χ2n) is 15.3. The average Bonchev–Trinajstić information content (AvgIpc) is 3.72. The number of nitrogens with zero attached hydrogens (tertiary/aromatic N) is 1. The van der Waals surface area contributed by atoms with E-state index in [1.54, 1.807) is 0 Å². The second-order valence-corrected chi connectivity index (χ2v) is 16.4. The molecular weight excluding hydrogens is 743 g/mol. The molecule has 282 valence electrons. The fourth-order valence-electron chi connectivity index (χ4n) is 8.60. The summed E-state index contributed by atoms with van der Waals surface area (Å²) in [7, 11) is 0. The van der Waals surface area contributed by atoms with E-state index in [1.807, 2.05) is 11.3 Å². The predicted molar refractivity (Wildman–Crippen MR) is 259 cm³/mol. The minimum absolute atomic E-state index is 1.10. The lowest BCUT2D eigenvalue weighted by molar-refractivity contribution is 1.28. The highest BCUT2D eigenvalue weighted by atomic mass is 32.1. The standard InChI is InChI=1S/C58H39NS/c1-2-12-40(13-3-1)45-16-8-18-47(36-45)48-19-10-21-53(39-48)59(52-34-30-43(31-35-52)49-27-26-41-14-4-5-15-44(41)37-49)51-32-28-42(29-33-51)46-17-9-20-50(38-46)54-23-11-24-56-55-22-6-7-25-57(55)60-58(54)56/h1-39H. The molecule has 0 bridgehead atoms. The van der Waals surface area contributed by atoms with Gasteiger partial charge in [-0.2, -0.15) is 0 Å². The normalized spacial score (nSPS) is 11.3. The van der Waals surface area contributed by atoms with Crippen molar-refractivity contribution in [3.05, 3.63) is 237 Å². The van der Waals surface area contributed by atoms with E-state index in [4.69, 9.17) is 0 Å². The van der Waals surface area contributed by atoms with Crippen molar-refractivity contribution in [2.45, 2.75) is 0 Å². The van der Waals surface area contributed by atoms with Crippen molar-refractivity contribution < 1.29 is 0 Å². The van der Waals surface area contributed by atoms with Crippen molar-refractivity contribution in [1.29, 1.82) is 0 Å². The zero-order chi connectivity index (χ0) is 39.8. The molecule has 0 spiro atoms. The van der Waals surface area contributed by atoms with Crippen molar-refractivity contribution in [3.8, 4) is 55.6 Å². The van der Waals surface area contributed by atoms with Crippen molar-refractivity contribution >= 4 is 59.3 Å². The lowest BCUT2D eigenvalue weighted by Gasteiger charge is -2.26. The predicted octanol–water partition coefficient (Wildman–Crippen LogP) is 17.0. The van der Waals surface area contributed by atoms with Gasteiger partial charge in [-0.25, -0.2) is 0 Å². The summed E-state index contributed by atoms with van der Waals surface area (Å²) in [5, 5.41) is 5.14. The fraction of sp³-hybridized carbons (Fsp3) is 0. The molecule has 11 aromatic rings. The highest BCUT2D eigenvalue weighted by Crippen LogP contribution is 2.42. The molecule has 0 N–H and O–H groups in total. The Morgan fingerprint density at radius 3 is 1.48 bits per heavy atom. The highest BCUT2D eigenvalue weighted by Gasteiger charge is 2.16. The van der Waals surface area contributed by atoms with Crippen LogP contribution in [-0.2, 0) is 0 Å². The summed E-state index contributed by atoms with van der Waals surface area (Å²) >= 11 is 1.88. The first-order valence-corrected chi connectivity index (χ1v) is 21.3. The Morgan fingerprint density at radius 1 is 0.267 bits per heavy atom. The van der Waals surface area contributed by atoms with Gasteiger partial charge in [0.1, 0.15) is 0 Å². The van der Waals surface area contributed by atoms with Crippen LogP contribution < -0.4 is 4.90 Å². The van der Waals surface area contributed by atoms with Gasteiger partial charge in [-0.15, -0.1) is 11.3 Å². The zero-order valence-electron chi connectivity index (χ0n) is 32.9. The number of anilines is 3. The molecule has 0 aliphatic carbocycles. The number of benzene rings is 10. The molecule has 0 atom stereocenters. The summed E-state index contributed by atoms with van der Waals surface area (Å²) in [6.07, 6.45) is 0. The van der Waals surface area contributed by atoms with Gasteiger partial charge in [0.2, 0.25) is 0 Å². The van der Waals surface area contributed by atoms with Gasteiger partial charge in [0.05, 0.1) is 0 Å². The number of hydrogen-bond donors (Lipinski definition) is 0. The van der Waals surface area contributed by atoms with Gasteiger partial charge in [-0.1, -0.05) is 176 Å². The third kappa shape index (κ3) is 6.73. The molecule has 0 unspecified atom stereocenters. The van der Waals surface area contributed by atoms with Gasteiger partial charge in [0.25, 0.3) is 0 Å². The summed E-state index contributed by atoms with van der Waals surface area (Å²) in [5.74, 6) is 0. The maximum atomic E-state index is 2.37. The van der Waals surface area contributed by atoms with Crippen LogP contribution in [0.5, 0.6) is 0 Å². The number of hydrogen-bond acceptors (Lipinski definition) is 2. The summed E-state index contributed by atoms with van der Waals surface area (Å²) in [4.78, 5) is 2.37. The van der Waals surface area contributed by atoms with Gasteiger partial charge in [-0.05, 0) is 127 Å². The van der Waals surface area contributed by atoms with Crippen LogP contribution in [-0.4, -0.2) is 0 Å². The molecule has 0 saturated carbocycles. The van der Waals surface area contributed by atoms with Gasteiger partial charge in [0.15, 0.2) is 0 Å². The van der Waals surface area contributed by atoms with Crippen molar-refractivity contribution in [3.63, 3.8) is 0 Å². The molecule has 0 radical (unpaired) electrons. The lowest BCUT2D eigenvalue weighted by Crippen LogP contribution is -2.10. The van der Waals surface area contributed by atoms with Crippen LogP contribution in [0.25, 0.3) is 86.6 Å². The van der Waals surface area contributed by atoms with Crippen LogP contribution in [0, 0.1) is 0 Å². The number of thiophene rings is 1. The first-order valence-electron chi connectivity index (χ1n) is 20.5. The Labute approximate surface area is 354 Å². The van der Waals surface area contributed by atoms with E-state index in [9.17, 15) is 0 Å². The van der Waals surface area contributed by atoms with E-state index in [-0.39, 0.29) is 0 Å². The van der Waals surface area contributed by atoms with Crippen molar-refractivity contribution in [1.82, 2.24) is 0 Å². The monoisotopic (exact) mass is 781 g/mol. The third-order valence-electron chi connectivity index (χ3n) is 11.7. The molecule has 10 aromatic carbocycles. The molecule has 0 aliphatic heterocycles. The minimum atomic E-state index is 1.10. The van der Waals surface area contributed by atoms with Crippen LogP contribution in [0.15, 0.2) is 237 Å². The molecule has 1 aromatic heterocycles. The van der Waals surface area contributed by atoms with Crippen LogP contribution in [0.2, 0.25) is 0 Å². The van der Waals surface area contributed by atoms with Crippen LogP contribution in [0.1, 0.15) is 0 Å². The Bertz CT molecular complexity index is 3310. The van der Waals surface area contributed by atoms with Gasteiger partial charge < -0.3 is 4.90 Å². The van der Waals surface area contributed by atoms with Crippen molar-refractivity contribution in [2.24, 2.45) is 0 Å². The quantitative estimate of drug-likeness (QED) is 0.148. The molecule has 0 fully saturated rings. The molecule has 0 amide bonds. The summed E-state index contributed by atoms with van der Waals surface area (Å²) in [5.41, 5.74) is 15.4. The van der Waals surface area contributed by atoms with Crippen LogP contribution >= 0.6 is 11.3 Å². The molecule has 0 saturated heterocycles. The SMILES string of the molecule is c1ccc(-c2cccc(-c3cccc(N(c4ccc(-c5cccc(-c6cccc7c6sc6ccccc67)c5)cc4)c4ccc(-c5ccc6ccccc6c5)cc4)c3)c2)cc1. The van der Waals surface area contributed by atoms with E-state index >= 15 is 0 Å². The average molecular weight is 782 g/mol. The molecule has 1 heterocycles. The topological polar surface area (TPSA) is 3.24 Å². The maximum absolute atomic E-state index is 2.37. The van der Waals surface area contributed by atoms with E-state index in [2.05, 4.69) is 241 Å². The Hall–Kier alpha value is -7.52. The first kappa shape index (κ1) is 35.6. The van der Waals surface area contributed by atoms with Crippen molar-refractivity contribution in [2.75, 3.05) is 4.90 Å².